The normalized spacial score (nSPS) is 10.4. The van der Waals surface area contributed by atoms with Gasteiger partial charge in [0.05, 0.1) is 10.2 Å². The van der Waals surface area contributed by atoms with E-state index >= 15 is 0 Å². The average molecular weight is 369 g/mol. The first kappa shape index (κ1) is 15.9. The fourth-order valence-electron chi connectivity index (χ4n) is 1.73. The molecular formula is C15H14BrFN2OS. The van der Waals surface area contributed by atoms with Crippen LogP contribution in [0.5, 0.6) is 0 Å². The number of hydrogen-bond acceptors (Lipinski definition) is 3. The van der Waals surface area contributed by atoms with Crippen LogP contribution in [0.1, 0.15) is 5.56 Å². The Kier molecular flexibility index (Phi) is 5.64. The van der Waals surface area contributed by atoms with Gasteiger partial charge in [0.1, 0.15) is 5.82 Å². The van der Waals surface area contributed by atoms with E-state index in [4.69, 9.17) is 5.73 Å². The minimum absolute atomic E-state index is 0.228. The number of para-hydroxylation sites is 1. The van der Waals surface area contributed by atoms with Crippen molar-refractivity contribution in [3.63, 3.8) is 0 Å². The van der Waals surface area contributed by atoms with E-state index in [2.05, 4.69) is 21.2 Å². The van der Waals surface area contributed by atoms with Gasteiger partial charge in [-0.1, -0.05) is 18.2 Å². The van der Waals surface area contributed by atoms with Crippen molar-refractivity contribution in [1.29, 1.82) is 0 Å². The Morgan fingerprint density at radius 3 is 2.76 bits per heavy atom. The number of carbonyl (C=O) groups is 1. The first-order valence-electron chi connectivity index (χ1n) is 6.24. The molecule has 0 aliphatic carbocycles. The highest BCUT2D eigenvalue weighted by Crippen LogP contribution is 2.27. The Morgan fingerprint density at radius 1 is 1.29 bits per heavy atom. The van der Waals surface area contributed by atoms with Crippen LogP contribution in [0.25, 0.3) is 0 Å². The number of anilines is 1. The van der Waals surface area contributed by atoms with Crippen LogP contribution in [-0.4, -0.2) is 11.7 Å². The van der Waals surface area contributed by atoms with E-state index in [1.54, 1.807) is 6.07 Å². The van der Waals surface area contributed by atoms with Crippen molar-refractivity contribution in [3.05, 3.63) is 58.3 Å². The second-order valence-corrected chi connectivity index (χ2v) is 6.22. The summed E-state index contributed by atoms with van der Waals surface area (Å²) in [6, 6.07) is 12.6. The maximum absolute atomic E-state index is 13.5. The standard InChI is InChI=1S/C15H14BrFN2OS/c16-11-6-5-10(7-12(11)17)8-19-13-3-1-2-4-14(13)21-9-15(18)20/h1-7,19H,8-9H2,(H2,18,20). The molecule has 0 fully saturated rings. The second-order valence-electron chi connectivity index (χ2n) is 4.35. The predicted molar refractivity (Wildman–Crippen MR) is 87.8 cm³/mol. The number of halogens is 2. The van der Waals surface area contributed by atoms with Gasteiger partial charge in [0.15, 0.2) is 0 Å². The lowest BCUT2D eigenvalue weighted by Gasteiger charge is -2.11. The highest BCUT2D eigenvalue weighted by molar-refractivity contribution is 9.10. The summed E-state index contributed by atoms with van der Waals surface area (Å²) in [5, 5.41) is 3.25. The summed E-state index contributed by atoms with van der Waals surface area (Å²) in [4.78, 5) is 11.8. The molecule has 0 heterocycles. The van der Waals surface area contributed by atoms with E-state index in [1.807, 2.05) is 30.3 Å². The zero-order valence-electron chi connectivity index (χ0n) is 11.1. The molecule has 0 aliphatic rings. The fraction of sp³-hybridized carbons (Fsp3) is 0.133. The first-order valence-corrected chi connectivity index (χ1v) is 8.02. The average Bonchev–Trinajstić information content (AvgIpc) is 2.47. The lowest BCUT2D eigenvalue weighted by atomic mass is 10.2. The van der Waals surface area contributed by atoms with Gasteiger partial charge in [0, 0.05) is 17.1 Å². The molecule has 0 unspecified atom stereocenters. The van der Waals surface area contributed by atoms with Crippen LogP contribution in [-0.2, 0) is 11.3 Å². The molecule has 0 atom stereocenters. The Hall–Kier alpha value is -1.53. The molecule has 2 aromatic carbocycles. The van der Waals surface area contributed by atoms with Gasteiger partial charge in [-0.3, -0.25) is 4.79 Å². The number of carbonyl (C=O) groups excluding carboxylic acids is 1. The minimum Gasteiger partial charge on any atom is -0.380 e. The second kappa shape index (κ2) is 7.47. The fourth-order valence-corrected chi connectivity index (χ4v) is 2.75. The van der Waals surface area contributed by atoms with Gasteiger partial charge < -0.3 is 11.1 Å². The van der Waals surface area contributed by atoms with Crippen molar-refractivity contribution in [1.82, 2.24) is 0 Å². The summed E-state index contributed by atoms with van der Waals surface area (Å²) in [5.41, 5.74) is 6.89. The molecule has 3 nitrogen and oxygen atoms in total. The van der Waals surface area contributed by atoms with E-state index in [-0.39, 0.29) is 17.5 Å². The molecule has 1 amide bonds. The van der Waals surface area contributed by atoms with Gasteiger partial charge in [-0.2, -0.15) is 0 Å². The summed E-state index contributed by atoms with van der Waals surface area (Å²) < 4.78 is 13.9. The van der Waals surface area contributed by atoms with Crippen molar-refractivity contribution in [3.8, 4) is 0 Å². The molecule has 0 radical (unpaired) electrons. The minimum atomic E-state index is -0.357. The van der Waals surface area contributed by atoms with E-state index in [0.29, 0.717) is 11.0 Å². The van der Waals surface area contributed by atoms with Crippen LogP contribution in [0, 0.1) is 5.82 Å². The van der Waals surface area contributed by atoms with Crippen molar-refractivity contribution in [2.24, 2.45) is 5.73 Å². The van der Waals surface area contributed by atoms with Crippen LogP contribution in [0.15, 0.2) is 51.8 Å². The van der Waals surface area contributed by atoms with Crippen LogP contribution < -0.4 is 11.1 Å². The Morgan fingerprint density at radius 2 is 2.05 bits per heavy atom. The highest BCUT2D eigenvalue weighted by Gasteiger charge is 2.05. The third-order valence-electron chi connectivity index (χ3n) is 2.72. The van der Waals surface area contributed by atoms with Crippen LogP contribution in [0.4, 0.5) is 10.1 Å². The van der Waals surface area contributed by atoms with Gasteiger partial charge in [0.25, 0.3) is 0 Å². The highest BCUT2D eigenvalue weighted by atomic mass is 79.9. The van der Waals surface area contributed by atoms with E-state index in [1.165, 1.54) is 17.8 Å². The number of hydrogen-bond donors (Lipinski definition) is 2. The molecule has 0 aromatic heterocycles. The summed E-state index contributed by atoms with van der Waals surface area (Å²) in [6.45, 7) is 0.498. The Balaban J connectivity index is 2.05. The van der Waals surface area contributed by atoms with E-state index < -0.39 is 0 Å². The van der Waals surface area contributed by atoms with Crippen molar-refractivity contribution in [2.75, 3.05) is 11.1 Å². The number of nitrogens with two attached hydrogens (primary N) is 1. The van der Waals surface area contributed by atoms with Crippen molar-refractivity contribution >= 4 is 39.3 Å². The molecule has 21 heavy (non-hydrogen) atoms. The zero-order valence-corrected chi connectivity index (χ0v) is 13.5. The van der Waals surface area contributed by atoms with Crippen molar-refractivity contribution < 1.29 is 9.18 Å². The number of rotatable bonds is 6. The zero-order chi connectivity index (χ0) is 15.2. The maximum Gasteiger partial charge on any atom is 0.227 e. The predicted octanol–water partition coefficient (Wildman–Crippen LogP) is 3.78. The van der Waals surface area contributed by atoms with Gasteiger partial charge in [-0.15, -0.1) is 11.8 Å². The van der Waals surface area contributed by atoms with E-state index in [0.717, 1.165) is 16.1 Å². The molecule has 2 rings (SSSR count). The molecule has 0 saturated carbocycles. The molecular weight excluding hydrogens is 355 g/mol. The quantitative estimate of drug-likeness (QED) is 0.762. The SMILES string of the molecule is NC(=O)CSc1ccccc1NCc1ccc(Br)c(F)c1. The van der Waals surface area contributed by atoms with Gasteiger partial charge in [-0.25, -0.2) is 4.39 Å². The van der Waals surface area contributed by atoms with Gasteiger partial charge >= 0.3 is 0 Å². The molecule has 0 spiro atoms. The molecule has 0 aliphatic heterocycles. The number of benzene rings is 2. The van der Waals surface area contributed by atoms with Crippen LogP contribution in [0.2, 0.25) is 0 Å². The van der Waals surface area contributed by atoms with Gasteiger partial charge in [-0.05, 0) is 45.8 Å². The number of primary amides is 1. The molecule has 0 saturated heterocycles. The molecule has 6 heteroatoms. The maximum atomic E-state index is 13.5. The summed E-state index contributed by atoms with van der Waals surface area (Å²) in [5.74, 6) is -0.415. The monoisotopic (exact) mass is 368 g/mol. The molecule has 110 valence electrons. The third kappa shape index (κ3) is 4.75. The largest absolute Gasteiger partial charge is 0.380 e. The number of nitrogens with one attached hydrogen (secondary N) is 1. The lowest BCUT2D eigenvalue weighted by Crippen LogP contribution is -2.13. The number of amides is 1. The summed E-state index contributed by atoms with van der Waals surface area (Å²) >= 11 is 4.51. The summed E-state index contributed by atoms with van der Waals surface area (Å²) in [7, 11) is 0. The number of thioether (sulfide) groups is 1. The third-order valence-corrected chi connectivity index (χ3v) is 4.46. The lowest BCUT2D eigenvalue weighted by molar-refractivity contribution is -0.115. The summed E-state index contributed by atoms with van der Waals surface area (Å²) in [6.07, 6.45) is 0. The molecule has 0 bridgehead atoms. The van der Waals surface area contributed by atoms with Crippen LogP contribution in [0.3, 0.4) is 0 Å². The van der Waals surface area contributed by atoms with Crippen LogP contribution >= 0.6 is 27.7 Å². The van der Waals surface area contributed by atoms with E-state index in [9.17, 15) is 9.18 Å². The first-order chi connectivity index (χ1) is 10.1. The Bertz CT molecular complexity index is 651. The molecule has 2 aromatic rings. The smallest absolute Gasteiger partial charge is 0.227 e. The molecule has 3 N–H and O–H groups in total. The Labute approximate surface area is 135 Å². The topological polar surface area (TPSA) is 55.1 Å². The van der Waals surface area contributed by atoms with Crippen molar-refractivity contribution in [2.45, 2.75) is 11.4 Å². The van der Waals surface area contributed by atoms with Gasteiger partial charge in [0.2, 0.25) is 5.91 Å².